The predicted octanol–water partition coefficient (Wildman–Crippen LogP) is 1.52. The average molecular weight is 288 g/mol. The molecule has 5 nitrogen and oxygen atoms in total. The number of hydrogen-bond acceptors (Lipinski definition) is 4. The van der Waals surface area contributed by atoms with E-state index in [2.05, 4.69) is 5.32 Å². The Kier molecular flexibility index (Phi) is 5.52. The molecule has 0 fully saturated rings. The molecule has 1 aromatic carbocycles. The van der Waals surface area contributed by atoms with Crippen molar-refractivity contribution in [1.82, 2.24) is 9.79 Å². The number of sulfonamides is 1. The summed E-state index contributed by atoms with van der Waals surface area (Å²) < 4.78 is 25.4. The van der Waals surface area contributed by atoms with Crippen LogP contribution in [0, 0.1) is 0 Å². The quantitative estimate of drug-likeness (QED) is 0.657. The zero-order chi connectivity index (χ0) is 13.6. The lowest BCUT2D eigenvalue weighted by Gasteiger charge is -2.22. The lowest BCUT2D eigenvalue weighted by atomic mass is 10.4. The van der Waals surface area contributed by atoms with Crippen LogP contribution in [-0.2, 0) is 14.9 Å². The summed E-state index contributed by atoms with van der Waals surface area (Å²) >= 11 is 4.95. The molecule has 0 bridgehead atoms. The molecule has 1 rings (SSSR count). The second-order valence-corrected chi connectivity index (χ2v) is 5.57. The topological polar surface area (TPSA) is 58.6 Å². The van der Waals surface area contributed by atoms with Gasteiger partial charge in [0.1, 0.15) is 0 Å². The highest BCUT2D eigenvalue weighted by Gasteiger charge is 2.27. The fourth-order valence-corrected chi connectivity index (χ4v) is 2.75. The van der Waals surface area contributed by atoms with E-state index in [0.717, 1.165) is 4.47 Å². The van der Waals surface area contributed by atoms with E-state index in [4.69, 9.17) is 17.1 Å². The van der Waals surface area contributed by atoms with Crippen molar-refractivity contribution >= 4 is 27.4 Å². The van der Waals surface area contributed by atoms with Crippen molar-refractivity contribution < 1.29 is 13.3 Å². The number of rotatable bonds is 5. The first kappa shape index (κ1) is 14.9. The second-order valence-electron chi connectivity index (χ2n) is 3.43. The van der Waals surface area contributed by atoms with Gasteiger partial charge in [0.05, 0.1) is 11.5 Å². The van der Waals surface area contributed by atoms with Crippen LogP contribution in [0.2, 0.25) is 0 Å². The molecule has 0 saturated heterocycles. The predicted molar refractivity (Wildman–Crippen MR) is 73.4 cm³/mol. The van der Waals surface area contributed by atoms with E-state index in [-0.39, 0.29) is 16.6 Å². The third-order valence-electron chi connectivity index (χ3n) is 2.05. The Labute approximate surface area is 113 Å². The first-order chi connectivity index (χ1) is 8.54. The molecule has 1 N–H and O–H groups in total. The smallest absolute Gasteiger partial charge is 0.288 e. The number of nitrogens with one attached hydrogen (secondary N) is 1. The summed E-state index contributed by atoms with van der Waals surface area (Å²) in [5, 5.41) is 2.61. The van der Waals surface area contributed by atoms with E-state index in [1.54, 1.807) is 25.2 Å². The molecule has 0 aliphatic rings. The number of nitrogens with zero attached hydrogens (tertiary/aromatic N) is 1. The van der Waals surface area contributed by atoms with Gasteiger partial charge in [0.15, 0.2) is 0 Å². The van der Waals surface area contributed by atoms with Crippen molar-refractivity contribution in [3.63, 3.8) is 0 Å². The van der Waals surface area contributed by atoms with Crippen LogP contribution in [0.25, 0.3) is 0 Å². The average Bonchev–Trinajstić information content (AvgIpc) is 2.39. The Morgan fingerprint density at radius 3 is 2.50 bits per heavy atom. The molecule has 0 heterocycles. The van der Waals surface area contributed by atoms with E-state index in [0.29, 0.717) is 6.42 Å². The number of hydrogen-bond donors (Lipinski definition) is 1. The van der Waals surface area contributed by atoms with E-state index >= 15 is 0 Å². The van der Waals surface area contributed by atoms with Crippen molar-refractivity contribution in [2.45, 2.75) is 18.2 Å². The monoisotopic (exact) mass is 288 g/mol. The van der Waals surface area contributed by atoms with Gasteiger partial charge < -0.3 is 5.32 Å². The van der Waals surface area contributed by atoms with Crippen LogP contribution in [0.15, 0.2) is 35.2 Å². The number of benzene rings is 1. The van der Waals surface area contributed by atoms with Gasteiger partial charge in [0.25, 0.3) is 10.0 Å². The minimum Gasteiger partial charge on any atom is -0.363 e. The van der Waals surface area contributed by atoms with Crippen LogP contribution in [0.3, 0.4) is 0 Å². The Hall–Kier alpha value is -1.18. The summed E-state index contributed by atoms with van der Waals surface area (Å²) in [4.78, 5) is 5.34. The summed E-state index contributed by atoms with van der Waals surface area (Å²) in [5.41, 5.74) is 0. The molecular weight excluding hydrogens is 272 g/mol. The standard InChI is InChI=1S/C11H16N2O3S2/c1-3-9-16-13(11(17)12-2)18(14,15)10-7-5-4-6-8-10/h4-8H,3,9H2,1-2H3,(H,12,17). The van der Waals surface area contributed by atoms with E-state index < -0.39 is 10.0 Å². The van der Waals surface area contributed by atoms with Gasteiger partial charge in [-0.3, -0.25) is 4.84 Å². The maximum Gasteiger partial charge on any atom is 0.288 e. The van der Waals surface area contributed by atoms with Gasteiger partial charge >= 0.3 is 0 Å². The lowest BCUT2D eigenvalue weighted by Crippen LogP contribution is -2.42. The molecule has 0 amide bonds. The van der Waals surface area contributed by atoms with Crippen LogP contribution >= 0.6 is 12.2 Å². The lowest BCUT2D eigenvalue weighted by molar-refractivity contribution is -0.0282. The minimum absolute atomic E-state index is 0.00676. The zero-order valence-corrected chi connectivity index (χ0v) is 11.9. The maximum absolute atomic E-state index is 12.3. The van der Waals surface area contributed by atoms with Gasteiger partial charge in [-0.1, -0.05) is 25.1 Å². The zero-order valence-electron chi connectivity index (χ0n) is 10.3. The van der Waals surface area contributed by atoms with E-state index in [1.165, 1.54) is 12.1 Å². The third kappa shape index (κ3) is 3.41. The van der Waals surface area contributed by atoms with Crippen molar-refractivity contribution in [2.75, 3.05) is 13.7 Å². The molecule has 0 aliphatic carbocycles. The van der Waals surface area contributed by atoms with Gasteiger partial charge in [-0.15, -0.1) is 4.47 Å². The fraction of sp³-hybridized carbons (Fsp3) is 0.364. The molecule has 1 aromatic rings. The first-order valence-corrected chi connectivity index (χ1v) is 7.34. The van der Waals surface area contributed by atoms with Crippen LogP contribution in [0.4, 0.5) is 0 Å². The summed E-state index contributed by atoms with van der Waals surface area (Å²) in [5.74, 6) is 0. The molecule has 0 unspecified atom stereocenters. The molecule has 0 aromatic heterocycles. The van der Waals surface area contributed by atoms with Crippen LogP contribution < -0.4 is 5.32 Å². The second kappa shape index (κ2) is 6.67. The Balaban J connectivity index is 3.08. The molecular formula is C11H16N2O3S2. The van der Waals surface area contributed by atoms with Crippen molar-refractivity contribution in [3.8, 4) is 0 Å². The highest BCUT2D eigenvalue weighted by Crippen LogP contribution is 2.16. The molecule has 18 heavy (non-hydrogen) atoms. The molecule has 100 valence electrons. The first-order valence-electron chi connectivity index (χ1n) is 5.49. The molecule has 0 saturated carbocycles. The normalized spacial score (nSPS) is 11.0. The van der Waals surface area contributed by atoms with Gasteiger partial charge in [-0.2, -0.15) is 8.42 Å². The SMILES string of the molecule is CCCON(C(=S)NC)S(=O)(=O)c1ccccc1. The van der Waals surface area contributed by atoms with E-state index in [9.17, 15) is 8.42 Å². The van der Waals surface area contributed by atoms with Gasteiger partial charge in [0.2, 0.25) is 5.11 Å². The Morgan fingerprint density at radius 1 is 1.39 bits per heavy atom. The largest absolute Gasteiger partial charge is 0.363 e. The van der Waals surface area contributed by atoms with Crippen LogP contribution in [0.1, 0.15) is 13.3 Å². The van der Waals surface area contributed by atoms with Crippen LogP contribution in [0.5, 0.6) is 0 Å². The molecule has 0 radical (unpaired) electrons. The molecule has 7 heteroatoms. The number of hydroxylamine groups is 1. The van der Waals surface area contributed by atoms with Gasteiger partial charge in [-0.25, -0.2) is 0 Å². The summed E-state index contributed by atoms with van der Waals surface area (Å²) in [6, 6.07) is 8.03. The maximum atomic E-state index is 12.3. The van der Waals surface area contributed by atoms with Crippen molar-refractivity contribution in [2.24, 2.45) is 0 Å². The molecule has 0 atom stereocenters. The van der Waals surface area contributed by atoms with Gasteiger partial charge in [0, 0.05) is 7.05 Å². The Bertz CT molecular complexity index is 488. The third-order valence-corrected chi connectivity index (χ3v) is 4.13. The van der Waals surface area contributed by atoms with Crippen molar-refractivity contribution in [1.29, 1.82) is 0 Å². The summed E-state index contributed by atoms with van der Waals surface area (Å²) in [7, 11) is -2.23. The minimum atomic E-state index is -3.78. The molecule has 0 aliphatic heterocycles. The summed E-state index contributed by atoms with van der Waals surface area (Å²) in [6.07, 6.45) is 0.688. The fourth-order valence-electron chi connectivity index (χ4n) is 1.19. The number of thiocarbonyl (C=S) groups is 1. The van der Waals surface area contributed by atoms with Crippen molar-refractivity contribution in [3.05, 3.63) is 30.3 Å². The molecule has 0 spiro atoms. The highest BCUT2D eigenvalue weighted by molar-refractivity contribution is 7.91. The summed E-state index contributed by atoms with van der Waals surface area (Å²) in [6.45, 7) is 2.16. The highest BCUT2D eigenvalue weighted by atomic mass is 32.2. The van der Waals surface area contributed by atoms with Crippen LogP contribution in [-0.4, -0.2) is 31.7 Å². The van der Waals surface area contributed by atoms with Gasteiger partial charge in [-0.05, 0) is 30.8 Å². The van der Waals surface area contributed by atoms with E-state index in [1.807, 2.05) is 6.92 Å². The Morgan fingerprint density at radius 2 is 2.00 bits per heavy atom.